The lowest BCUT2D eigenvalue weighted by atomic mass is 9.91. The fourth-order valence-electron chi connectivity index (χ4n) is 4.25. The zero-order valence-corrected chi connectivity index (χ0v) is 18.6. The second-order valence-corrected chi connectivity index (χ2v) is 10.4. The average Bonchev–Trinajstić information content (AvgIpc) is 3.61. The maximum Gasteiger partial charge on any atom is 0.0699 e. The summed E-state index contributed by atoms with van der Waals surface area (Å²) in [5.74, 6) is 0. The molecule has 2 aliphatic rings. The summed E-state index contributed by atoms with van der Waals surface area (Å²) in [5.41, 5.74) is 5.51. The molecule has 0 saturated heterocycles. The molecule has 2 aromatic carbocycles. The van der Waals surface area contributed by atoms with Crippen LogP contribution in [-0.2, 0) is 22.7 Å². The Kier molecular flexibility index (Phi) is 5.80. The number of halogens is 2. The van der Waals surface area contributed by atoms with E-state index in [1.165, 1.54) is 22.3 Å². The Hall–Kier alpha value is -1.02. The van der Waals surface area contributed by atoms with E-state index in [1.54, 1.807) is 0 Å². The van der Waals surface area contributed by atoms with Gasteiger partial charge in [-0.1, -0.05) is 48.5 Å². The van der Waals surface area contributed by atoms with E-state index in [0.717, 1.165) is 51.6 Å². The number of nitrogens with zero attached hydrogens (tertiary/aromatic N) is 1. The molecule has 2 fully saturated rings. The molecule has 3 heteroatoms. The monoisotopic (exact) mass is 415 g/mol. The molecular formula is C25H31Cl2N. The summed E-state index contributed by atoms with van der Waals surface area (Å²) in [7, 11) is 0. The van der Waals surface area contributed by atoms with Crippen LogP contribution < -0.4 is 0 Å². The Morgan fingerprint density at radius 3 is 1.93 bits per heavy atom. The first-order chi connectivity index (χ1) is 13.4. The lowest BCUT2D eigenvalue weighted by molar-refractivity contribution is 0.210. The van der Waals surface area contributed by atoms with Crippen molar-refractivity contribution in [3.63, 3.8) is 0 Å². The molecule has 0 spiro atoms. The van der Waals surface area contributed by atoms with Crippen LogP contribution in [0.15, 0.2) is 48.5 Å². The van der Waals surface area contributed by atoms with Crippen molar-refractivity contribution in [1.29, 1.82) is 0 Å². The standard InChI is InChI=1S/C25H31Cl2N/c1-19(2)28(18-20-8-4-3-5-9-20)17-7-10-21-22(24(26)13-14-24)11-6-12-23(21)25(27)15-16-25/h3-6,8-9,11-12,19H,7,10,13-18H2,1-2H3. The van der Waals surface area contributed by atoms with Crippen LogP contribution in [0.3, 0.4) is 0 Å². The van der Waals surface area contributed by atoms with Crippen LogP contribution in [0.2, 0.25) is 0 Å². The van der Waals surface area contributed by atoms with Gasteiger partial charge in [-0.15, -0.1) is 23.2 Å². The van der Waals surface area contributed by atoms with Gasteiger partial charge in [-0.2, -0.15) is 0 Å². The lowest BCUT2D eigenvalue weighted by Crippen LogP contribution is -2.31. The van der Waals surface area contributed by atoms with Gasteiger partial charge in [0.05, 0.1) is 9.75 Å². The molecule has 2 aromatic rings. The van der Waals surface area contributed by atoms with Gasteiger partial charge in [-0.3, -0.25) is 4.90 Å². The van der Waals surface area contributed by atoms with Crippen molar-refractivity contribution in [2.45, 2.75) is 74.7 Å². The summed E-state index contributed by atoms with van der Waals surface area (Å²) in [4.78, 5) is 2.31. The first-order valence-electron chi connectivity index (χ1n) is 10.7. The van der Waals surface area contributed by atoms with E-state index in [-0.39, 0.29) is 9.75 Å². The van der Waals surface area contributed by atoms with Gasteiger partial charge in [0.15, 0.2) is 0 Å². The third-order valence-corrected chi connectivity index (χ3v) is 7.51. The molecule has 0 N–H and O–H groups in total. The smallest absolute Gasteiger partial charge is 0.0699 e. The number of benzene rings is 2. The quantitative estimate of drug-likeness (QED) is 0.399. The Morgan fingerprint density at radius 2 is 1.43 bits per heavy atom. The minimum atomic E-state index is -0.130. The Labute approximate surface area is 180 Å². The Morgan fingerprint density at radius 1 is 0.857 bits per heavy atom. The topological polar surface area (TPSA) is 3.24 Å². The van der Waals surface area contributed by atoms with E-state index < -0.39 is 0 Å². The highest BCUT2D eigenvalue weighted by Gasteiger charge is 2.48. The van der Waals surface area contributed by atoms with Gasteiger partial charge in [0.25, 0.3) is 0 Å². The van der Waals surface area contributed by atoms with Gasteiger partial charge >= 0.3 is 0 Å². The summed E-state index contributed by atoms with van der Waals surface area (Å²) in [5, 5.41) is 0. The van der Waals surface area contributed by atoms with E-state index >= 15 is 0 Å². The highest BCUT2D eigenvalue weighted by Crippen LogP contribution is 2.58. The van der Waals surface area contributed by atoms with Gasteiger partial charge in [-0.25, -0.2) is 0 Å². The highest BCUT2D eigenvalue weighted by atomic mass is 35.5. The number of hydrogen-bond acceptors (Lipinski definition) is 1. The first kappa shape index (κ1) is 20.3. The summed E-state index contributed by atoms with van der Waals surface area (Å²) in [6, 6.07) is 18.0. The predicted octanol–water partition coefficient (Wildman–Crippen LogP) is 6.99. The van der Waals surface area contributed by atoms with Gasteiger partial charge < -0.3 is 0 Å². The zero-order chi connectivity index (χ0) is 19.8. The second-order valence-electron chi connectivity index (χ2n) is 8.92. The Balaban J connectivity index is 1.48. The van der Waals surface area contributed by atoms with Crippen LogP contribution in [0.25, 0.3) is 0 Å². The predicted molar refractivity (Wildman–Crippen MR) is 120 cm³/mol. The number of alkyl halides is 2. The number of hydrogen-bond donors (Lipinski definition) is 0. The molecular weight excluding hydrogens is 385 g/mol. The van der Waals surface area contributed by atoms with Crippen molar-refractivity contribution in [3.05, 3.63) is 70.8 Å². The largest absolute Gasteiger partial charge is 0.297 e. The summed E-state index contributed by atoms with van der Waals surface area (Å²) < 4.78 is 0. The third kappa shape index (κ3) is 4.42. The van der Waals surface area contributed by atoms with Crippen LogP contribution in [0.4, 0.5) is 0 Å². The fraction of sp³-hybridized carbons (Fsp3) is 0.520. The van der Waals surface area contributed by atoms with Gasteiger partial charge in [0, 0.05) is 12.6 Å². The molecule has 28 heavy (non-hydrogen) atoms. The highest BCUT2D eigenvalue weighted by molar-refractivity contribution is 6.27. The number of rotatable bonds is 9. The van der Waals surface area contributed by atoms with Crippen molar-refractivity contribution >= 4 is 23.2 Å². The molecule has 2 aliphatic carbocycles. The first-order valence-corrected chi connectivity index (χ1v) is 11.5. The van der Waals surface area contributed by atoms with E-state index in [0.29, 0.717) is 6.04 Å². The SMILES string of the molecule is CC(C)N(CCCc1c(C2(Cl)CC2)cccc1C1(Cl)CC1)Cc1ccccc1. The van der Waals surface area contributed by atoms with E-state index in [4.69, 9.17) is 23.2 Å². The molecule has 0 amide bonds. The van der Waals surface area contributed by atoms with Crippen LogP contribution in [0.1, 0.15) is 68.2 Å². The van der Waals surface area contributed by atoms with Crippen LogP contribution in [0.5, 0.6) is 0 Å². The summed E-state index contributed by atoms with van der Waals surface area (Å²) >= 11 is 13.7. The van der Waals surface area contributed by atoms with Crippen molar-refractivity contribution in [2.24, 2.45) is 0 Å². The van der Waals surface area contributed by atoms with Gasteiger partial charge in [0.2, 0.25) is 0 Å². The minimum absolute atomic E-state index is 0.130. The van der Waals surface area contributed by atoms with Crippen LogP contribution in [0, 0.1) is 0 Å². The zero-order valence-electron chi connectivity index (χ0n) is 17.1. The normalized spacial score (nSPS) is 19.2. The molecule has 0 aliphatic heterocycles. The van der Waals surface area contributed by atoms with Crippen LogP contribution >= 0.6 is 23.2 Å². The van der Waals surface area contributed by atoms with Crippen LogP contribution in [-0.4, -0.2) is 17.5 Å². The van der Waals surface area contributed by atoms with Crippen molar-refractivity contribution in [2.75, 3.05) is 6.54 Å². The molecule has 0 unspecified atom stereocenters. The third-order valence-electron chi connectivity index (χ3n) is 6.35. The molecule has 0 atom stereocenters. The maximum absolute atomic E-state index is 6.86. The molecule has 0 aromatic heterocycles. The maximum atomic E-state index is 6.86. The second kappa shape index (κ2) is 8.01. The van der Waals surface area contributed by atoms with Crippen molar-refractivity contribution < 1.29 is 0 Å². The van der Waals surface area contributed by atoms with Crippen molar-refractivity contribution in [1.82, 2.24) is 4.90 Å². The molecule has 0 heterocycles. The fourth-order valence-corrected chi connectivity index (χ4v) is 4.79. The summed E-state index contributed by atoms with van der Waals surface area (Å²) in [6.45, 7) is 6.67. The van der Waals surface area contributed by atoms with Gasteiger partial charge in [-0.05, 0) is 81.2 Å². The molecule has 0 radical (unpaired) electrons. The molecule has 2 saturated carbocycles. The molecule has 4 rings (SSSR count). The van der Waals surface area contributed by atoms with E-state index in [9.17, 15) is 0 Å². The van der Waals surface area contributed by atoms with E-state index in [1.807, 2.05) is 0 Å². The van der Waals surface area contributed by atoms with Gasteiger partial charge in [0.1, 0.15) is 0 Å². The average molecular weight is 416 g/mol. The van der Waals surface area contributed by atoms with Crippen molar-refractivity contribution in [3.8, 4) is 0 Å². The lowest BCUT2D eigenvalue weighted by Gasteiger charge is -2.27. The minimum Gasteiger partial charge on any atom is -0.297 e. The molecule has 150 valence electrons. The Bertz CT molecular complexity index is 770. The summed E-state index contributed by atoms with van der Waals surface area (Å²) in [6.07, 6.45) is 6.55. The van der Waals surface area contributed by atoms with E-state index in [2.05, 4.69) is 67.3 Å². The molecule has 1 nitrogen and oxygen atoms in total. The molecule has 0 bridgehead atoms.